The monoisotopic (exact) mass is 366 g/mol. The van der Waals surface area contributed by atoms with Crippen LogP contribution in [0.5, 0.6) is 0 Å². The van der Waals surface area contributed by atoms with Gasteiger partial charge in [-0.2, -0.15) is 0 Å². The van der Waals surface area contributed by atoms with Gasteiger partial charge in [0.15, 0.2) is 0 Å². The number of hydrogen-bond donors (Lipinski definition) is 4. The van der Waals surface area contributed by atoms with Gasteiger partial charge in [-0.15, -0.1) is 0 Å². The topological polar surface area (TPSA) is 105 Å². The van der Waals surface area contributed by atoms with Gasteiger partial charge in [-0.1, -0.05) is 6.07 Å². The van der Waals surface area contributed by atoms with E-state index in [1.165, 1.54) is 11.1 Å². The lowest BCUT2D eigenvalue weighted by Gasteiger charge is -2.26. The molecule has 0 spiro atoms. The summed E-state index contributed by atoms with van der Waals surface area (Å²) in [5.41, 5.74) is 10.0. The average molecular weight is 366 g/mol. The van der Waals surface area contributed by atoms with E-state index in [-0.39, 0.29) is 18.0 Å². The van der Waals surface area contributed by atoms with Crippen molar-refractivity contribution in [1.82, 2.24) is 20.6 Å². The summed E-state index contributed by atoms with van der Waals surface area (Å²) >= 11 is 0. The highest BCUT2D eigenvalue weighted by atomic mass is 16.1. The van der Waals surface area contributed by atoms with E-state index in [0.717, 1.165) is 50.9 Å². The van der Waals surface area contributed by atoms with Gasteiger partial charge in [-0.05, 0) is 61.9 Å². The number of carbonyl (C=O) groups excluding carboxylic acids is 1. The molecule has 0 saturated heterocycles. The molecule has 7 nitrogen and oxygen atoms in total. The van der Waals surface area contributed by atoms with Gasteiger partial charge in [-0.25, -0.2) is 9.97 Å². The Morgan fingerprint density at radius 3 is 2.67 bits per heavy atom. The summed E-state index contributed by atoms with van der Waals surface area (Å²) in [6, 6.07) is 6.78. The van der Waals surface area contributed by atoms with Crippen molar-refractivity contribution in [3.8, 4) is 0 Å². The molecule has 7 heteroatoms. The first-order valence-electron chi connectivity index (χ1n) is 9.65. The first kappa shape index (κ1) is 17.9. The number of benzene rings is 1. The van der Waals surface area contributed by atoms with Crippen LogP contribution in [0.4, 0.5) is 11.6 Å². The number of fused-ring (bicyclic) bond motifs is 1. The van der Waals surface area contributed by atoms with Crippen molar-refractivity contribution >= 4 is 17.5 Å². The number of amides is 1. The van der Waals surface area contributed by atoms with E-state index in [1.807, 2.05) is 6.07 Å². The molecule has 1 aliphatic carbocycles. The summed E-state index contributed by atoms with van der Waals surface area (Å²) in [6.07, 6.45) is 7.98. The van der Waals surface area contributed by atoms with Gasteiger partial charge in [-0.3, -0.25) is 4.79 Å². The molecule has 1 aliphatic heterocycles. The smallest absolute Gasteiger partial charge is 0.254 e. The van der Waals surface area contributed by atoms with Crippen LogP contribution in [0.15, 0.2) is 30.6 Å². The van der Waals surface area contributed by atoms with Crippen molar-refractivity contribution in [2.24, 2.45) is 5.73 Å². The average Bonchev–Trinajstić information content (AvgIpc) is 2.70. The molecule has 0 bridgehead atoms. The summed E-state index contributed by atoms with van der Waals surface area (Å²) in [6.45, 7) is 1.91. The molecule has 0 atom stereocenters. The first-order valence-corrected chi connectivity index (χ1v) is 9.65. The van der Waals surface area contributed by atoms with E-state index in [9.17, 15) is 4.79 Å². The first-order chi connectivity index (χ1) is 13.2. The van der Waals surface area contributed by atoms with E-state index in [2.05, 4.69) is 38.1 Å². The molecule has 2 aromatic rings. The molecule has 0 radical (unpaired) electrons. The highest BCUT2D eigenvalue weighted by Crippen LogP contribution is 2.21. The summed E-state index contributed by atoms with van der Waals surface area (Å²) < 4.78 is 0. The second-order valence-corrected chi connectivity index (χ2v) is 7.42. The van der Waals surface area contributed by atoms with E-state index in [1.54, 1.807) is 12.4 Å². The maximum absolute atomic E-state index is 12.4. The van der Waals surface area contributed by atoms with Crippen molar-refractivity contribution in [1.29, 1.82) is 0 Å². The van der Waals surface area contributed by atoms with Gasteiger partial charge in [0.05, 0.1) is 5.56 Å². The van der Waals surface area contributed by atoms with Crippen molar-refractivity contribution < 1.29 is 4.79 Å². The Bertz CT molecular complexity index is 799. The molecule has 0 unspecified atom stereocenters. The molecular formula is C20H26N6O. The van der Waals surface area contributed by atoms with E-state index in [0.29, 0.717) is 11.5 Å². The van der Waals surface area contributed by atoms with E-state index in [4.69, 9.17) is 5.73 Å². The van der Waals surface area contributed by atoms with Crippen molar-refractivity contribution in [3.05, 3.63) is 47.3 Å². The minimum Gasteiger partial charge on any atom is -0.349 e. The maximum atomic E-state index is 12.4. The van der Waals surface area contributed by atoms with Gasteiger partial charge < -0.3 is 21.7 Å². The van der Waals surface area contributed by atoms with Crippen LogP contribution in [-0.4, -0.2) is 34.5 Å². The Labute approximate surface area is 159 Å². The summed E-state index contributed by atoms with van der Waals surface area (Å²) in [5.74, 6) is 0.362. The Morgan fingerprint density at radius 1 is 1.11 bits per heavy atom. The Balaban J connectivity index is 1.36. The molecule has 1 saturated carbocycles. The molecule has 142 valence electrons. The Morgan fingerprint density at radius 2 is 1.89 bits per heavy atom. The number of hydrogen-bond acceptors (Lipinski definition) is 6. The molecule has 2 heterocycles. The third kappa shape index (κ3) is 4.43. The van der Waals surface area contributed by atoms with Gasteiger partial charge in [0, 0.05) is 36.7 Å². The normalized spacial score (nSPS) is 22.0. The van der Waals surface area contributed by atoms with Crippen LogP contribution < -0.4 is 21.7 Å². The van der Waals surface area contributed by atoms with Gasteiger partial charge in [0.2, 0.25) is 5.95 Å². The summed E-state index contributed by atoms with van der Waals surface area (Å²) in [4.78, 5) is 21.0. The van der Waals surface area contributed by atoms with Crippen LogP contribution in [0.1, 0.15) is 47.2 Å². The minimum atomic E-state index is -0.123. The molecule has 27 heavy (non-hydrogen) atoms. The zero-order chi connectivity index (χ0) is 18.6. The predicted molar refractivity (Wildman–Crippen MR) is 105 cm³/mol. The zero-order valence-electron chi connectivity index (χ0n) is 15.4. The maximum Gasteiger partial charge on any atom is 0.254 e. The second kappa shape index (κ2) is 8.02. The molecule has 5 N–H and O–H groups in total. The van der Waals surface area contributed by atoms with Gasteiger partial charge in [0.1, 0.15) is 0 Å². The fourth-order valence-electron chi connectivity index (χ4n) is 3.73. The van der Waals surface area contributed by atoms with Crippen molar-refractivity contribution in [2.75, 3.05) is 11.9 Å². The molecule has 1 amide bonds. The van der Waals surface area contributed by atoms with E-state index < -0.39 is 0 Å². The number of nitrogens with two attached hydrogens (primary N) is 1. The van der Waals surface area contributed by atoms with Crippen LogP contribution in [0.25, 0.3) is 0 Å². The number of rotatable bonds is 4. The molecule has 1 fully saturated rings. The van der Waals surface area contributed by atoms with Crippen LogP contribution in [0.3, 0.4) is 0 Å². The van der Waals surface area contributed by atoms with Gasteiger partial charge in [0.25, 0.3) is 5.91 Å². The summed E-state index contributed by atoms with van der Waals surface area (Å²) in [7, 11) is 0. The largest absolute Gasteiger partial charge is 0.349 e. The number of nitrogens with one attached hydrogen (secondary N) is 3. The number of anilines is 2. The van der Waals surface area contributed by atoms with Gasteiger partial charge >= 0.3 is 0 Å². The second-order valence-electron chi connectivity index (χ2n) is 7.42. The quantitative estimate of drug-likeness (QED) is 0.658. The molecule has 4 rings (SSSR count). The minimum absolute atomic E-state index is 0.123. The van der Waals surface area contributed by atoms with Crippen LogP contribution in [0, 0.1) is 0 Å². The Kier molecular flexibility index (Phi) is 5.31. The van der Waals surface area contributed by atoms with Crippen LogP contribution in [-0.2, 0) is 13.0 Å². The SMILES string of the molecule is NC1CCC(NC(=O)c2cnc(Nc3ccc4c(c3)CNCC4)nc2)CC1. The third-order valence-electron chi connectivity index (χ3n) is 5.37. The number of nitrogens with zero attached hydrogens (tertiary/aromatic N) is 2. The fourth-order valence-corrected chi connectivity index (χ4v) is 3.73. The Hall–Kier alpha value is -2.51. The molecule has 1 aromatic carbocycles. The van der Waals surface area contributed by atoms with Crippen LogP contribution >= 0.6 is 0 Å². The van der Waals surface area contributed by atoms with E-state index >= 15 is 0 Å². The standard InChI is InChI=1S/C20H26N6O/c21-16-2-5-17(6-3-16)25-19(27)15-11-23-20(24-12-15)26-18-4-1-13-7-8-22-10-14(13)9-18/h1,4,9,11-12,16-17,22H,2-3,5-8,10,21H2,(H,25,27)(H,23,24,26). The third-order valence-corrected chi connectivity index (χ3v) is 5.37. The highest BCUT2D eigenvalue weighted by molar-refractivity contribution is 5.93. The zero-order valence-corrected chi connectivity index (χ0v) is 15.4. The predicted octanol–water partition coefficient (Wildman–Crippen LogP) is 1.87. The molecule has 2 aliphatic rings. The van der Waals surface area contributed by atoms with Crippen LogP contribution in [0.2, 0.25) is 0 Å². The molecule has 1 aromatic heterocycles. The number of aromatic nitrogens is 2. The molecular weight excluding hydrogens is 340 g/mol. The highest BCUT2D eigenvalue weighted by Gasteiger charge is 2.20. The lowest BCUT2D eigenvalue weighted by molar-refractivity contribution is 0.0925. The summed E-state index contributed by atoms with van der Waals surface area (Å²) in [5, 5.41) is 9.65. The lowest BCUT2D eigenvalue weighted by atomic mass is 9.92. The fraction of sp³-hybridized carbons (Fsp3) is 0.450. The number of carbonyl (C=O) groups is 1. The van der Waals surface area contributed by atoms with Crippen molar-refractivity contribution in [2.45, 2.75) is 50.7 Å². The van der Waals surface area contributed by atoms with Crippen molar-refractivity contribution in [3.63, 3.8) is 0 Å². The lowest BCUT2D eigenvalue weighted by Crippen LogP contribution is -2.40.